The summed E-state index contributed by atoms with van der Waals surface area (Å²) in [5, 5.41) is 99.2. The molecular formula is C101H98N26O19S4. The van der Waals surface area contributed by atoms with E-state index < -0.39 is 58.3 Å². The lowest BCUT2D eigenvalue weighted by Crippen LogP contribution is -2.28. The quantitative estimate of drug-likeness (QED) is 0.00740. The lowest BCUT2D eigenvalue weighted by atomic mass is 10.0. The van der Waals surface area contributed by atoms with Gasteiger partial charge in [-0.1, -0.05) is 50.2 Å². The Hall–Kier alpha value is -17.4. The van der Waals surface area contributed by atoms with Crippen LogP contribution in [0.2, 0.25) is 0 Å². The highest BCUT2D eigenvalue weighted by Gasteiger charge is 2.25. The number of aliphatic carboxylic acids is 2. The van der Waals surface area contributed by atoms with Gasteiger partial charge in [0.25, 0.3) is 30.4 Å². The number of nitrogens with zero attached hydrogens (tertiary/aromatic N) is 23. The lowest BCUT2D eigenvalue weighted by molar-refractivity contribution is -0.138. The number of likely N-dealkylation sites (N-methyl/N-ethyl adjacent to an activating group) is 1. The molecule has 150 heavy (non-hydrogen) atoms. The molecule has 0 saturated heterocycles. The van der Waals surface area contributed by atoms with Gasteiger partial charge in [0.2, 0.25) is 23.8 Å². The summed E-state index contributed by atoms with van der Waals surface area (Å²) in [5.74, 6) is -0.398. The van der Waals surface area contributed by atoms with Crippen molar-refractivity contribution in [1.29, 1.82) is 0 Å². The van der Waals surface area contributed by atoms with Crippen molar-refractivity contribution in [3.8, 4) is 23.0 Å². The van der Waals surface area contributed by atoms with Crippen LogP contribution in [-0.2, 0) is 63.9 Å². The van der Waals surface area contributed by atoms with Crippen molar-refractivity contribution < 1.29 is 86.4 Å². The van der Waals surface area contributed by atoms with Gasteiger partial charge in [0.1, 0.15) is 50.9 Å². The first-order valence-corrected chi connectivity index (χ1v) is 51.7. The third kappa shape index (κ3) is 31.8. The second-order valence-corrected chi connectivity index (χ2v) is 38.3. The van der Waals surface area contributed by atoms with Crippen molar-refractivity contribution in [2.45, 2.75) is 112 Å². The second-order valence-electron chi connectivity index (χ2n) is 33.1. The Morgan fingerprint density at radius 3 is 1.09 bits per heavy atom. The van der Waals surface area contributed by atoms with Gasteiger partial charge in [0.05, 0.1) is 132 Å². The van der Waals surface area contributed by atoms with Crippen LogP contribution < -0.4 is 39.8 Å². The number of carboxylic acid groups (broad SMARTS) is 2. The number of anilines is 6. The molecule has 0 amide bonds. The third-order valence-corrected chi connectivity index (χ3v) is 24.8. The van der Waals surface area contributed by atoms with Crippen molar-refractivity contribution in [3.05, 3.63) is 288 Å². The molecule has 49 heteroatoms. The lowest BCUT2D eigenvalue weighted by Gasteiger charge is -2.20. The molecule has 12 aromatic carbocycles. The molecule has 45 nitrogen and oxygen atoms in total. The summed E-state index contributed by atoms with van der Waals surface area (Å²) in [6.07, 6.45) is 0.935. The number of rotatable bonds is 49. The summed E-state index contributed by atoms with van der Waals surface area (Å²) in [6, 6.07) is 63.3. The van der Waals surface area contributed by atoms with E-state index in [9.17, 15) is 67.5 Å². The summed E-state index contributed by atoms with van der Waals surface area (Å²) in [5.41, 5.74) is 9.15. The van der Waals surface area contributed by atoms with Gasteiger partial charge in [0, 0.05) is 81.2 Å². The summed E-state index contributed by atoms with van der Waals surface area (Å²) < 4.78 is 151. The van der Waals surface area contributed by atoms with Crippen molar-refractivity contribution in [3.63, 3.8) is 0 Å². The summed E-state index contributed by atoms with van der Waals surface area (Å²) in [4.78, 5) is 54.3. The van der Waals surface area contributed by atoms with Crippen LogP contribution in [0.25, 0.3) is 0 Å². The van der Waals surface area contributed by atoms with Gasteiger partial charge in [-0.3, -0.25) is 23.2 Å². The molecule has 770 valence electrons. The Bertz CT molecular complexity index is 7910. The van der Waals surface area contributed by atoms with E-state index in [1.54, 1.807) is 184 Å². The molecule has 0 saturated carbocycles. The fourth-order valence-electron chi connectivity index (χ4n) is 13.9. The second kappa shape index (κ2) is 51.1. The SMILES string of the molecule is CCCOc1cc(N=Nc2ccc(N=Nc3ccccc3)cc2S(=O)(=O)O)c(C)cc1Cc1nc(Cc2cc(C)c(N=Nc3ccc(N=Nc4ccc(S(=O)(=O)O)cc4)cc3)cc2OCCCC(=O)O)nc(NCCN(C)c2nc(Nc3cc(C)c(N=Nc4ccc(N=Nc5ccccc5)cc4S(=O)O)cc3OCCC)nc(Nc3cc(C)c(N=Nc4ccc(N=Nc5ccc(S(=O)(=O)O)cc5)cc4)cc3OCCCC(=O)O)n2)n1. The van der Waals surface area contributed by atoms with Crippen molar-refractivity contribution in [1.82, 2.24) is 29.9 Å². The minimum atomic E-state index is -4.89. The monoisotopic (exact) mass is 2110 g/mol. The Morgan fingerprint density at radius 1 is 0.360 bits per heavy atom. The molecule has 0 radical (unpaired) electrons. The molecule has 0 spiro atoms. The first-order chi connectivity index (χ1) is 72.1. The predicted octanol–water partition coefficient (Wildman–Crippen LogP) is 26.2. The van der Waals surface area contributed by atoms with Crippen molar-refractivity contribution in [2.75, 3.05) is 67.4 Å². The maximum atomic E-state index is 13.0. The molecule has 2 aromatic heterocycles. The smallest absolute Gasteiger partial charge is 0.303 e. The van der Waals surface area contributed by atoms with E-state index in [2.05, 4.69) is 97.8 Å². The van der Waals surface area contributed by atoms with E-state index in [-0.39, 0.29) is 162 Å². The zero-order valence-electron chi connectivity index (χ0n) is 81.4. The number of azo groups is 8. The fourth-order valence-corrected chi connectivity index (χ4v) is 16.0. The number of nitrogens with one attached hydrogen (secondary N) is 3. The molecule has 9 N–H and O–H groups in total. The van der Waals surface area contributed by atoms with Crippen LogP contribution in [0.15, 0.2) is 344 Å². The average Bonchev–Trinajstić information content (AvgIpc) is 0.797. The number of carbonyl (C=O) groups is 2. The van der Waals surface area contributed by atoms with E-state index >= 15 is 0 Å². The van der Waals surface area contributed by atoms with Gasteiger partial charge in [0.15, 0.2) is 11.1 Å². The first kappa shape index (κ1) is 108. The van der Waals surface area contributed by atoms with E-state index in [1.807, 2.05) is 32.9 Å². The predicted molar refractivity (Wildman–Crippen MR) is 558 cm³/mol. The van der Waals surface area contributed by atoms with Crippen LogP contribution in [0, 0.1) is 27.7 Å². The number of hydrogen-bond acceptors (Lipinski definition) is 39. The number of aryl methyl sites for hydroxylation is 4. The van der Waals surface area contributed by atoms with Crippen LogP contribution in [-0.4, -0.2) is 146 Å². The minimum Gasteiger partial charge on any atom is -0.493 e. The normalized spacial score (nSPS) is 12.3. The van der Waals surface area contributed by atoms with Crippen molar-refractivity contribution >= 4 is 180 Å². The van der Waals surface area contributed by atoms with Gasteiger partial charge >= 0.3 is 11.9 Å². The number of carboxylic acids is 2. The molecule has 0 bridgehead atoms. The Balaban J connectivity index is 0.807. The van der Waals surface area contributed by atoms with Gasteiger partial charge in [-0.2, -0.15) is 122 Å². The highest BCUT2D eigenvalue weighted by molar-refractivity contribution is 7.86. The molecule has 14 aromatic rings. The standard InChI is InChI=1S/C101H98N26O19S4/c1-8-46-143-88-59-83(126-122-81-43-37-77(57-93(81)150(140,141)142)120-112-69-20-14-11-15-21-69)63(4)51-66(88)54-94-105-95(55-67-50-62(3)82(58-89(67)145-48-16-22-96(128)129)123-117-72-28-24-70(25-29-72)113-115-74-32-38-78(39-33-74)148(134,135)136)107-98(106-94)102-44-45-127(7)101-109-99(103-86-53-65(6)85(61-90(86)144-47-9-2)125-121-80-42-36-76(56-92(80)147(132)133)119-111-68-18-12-10-13-19-68)108-100(110-101)104-87-52-64(5)84(60-91(87)146-49-17-23-97(130)131)124-118-73-30-26-71(27-31-73)114-116-75-34-40-79(41-35-75)149(137,138)139/h10-15,18-21,24-43,50-53,56-61H,8-9,16-17,22-23,44-49,54-55H2,1-7H3,(H,128,129)(H,130,131)(H,132,133)(H,134,135,136)(H,137,138,139)(H,140,141,142)(H,102,105,106,107)(H2,103,104,108,109,110). The molecule has 0 aliphatic heterocycles. The number of benzene rings is 12. The molecule has 0 fully saturated rings. The first-order valence-electron chi connectivity index (χ1n) is 46.2. The number of ether oxygens (including phenoxy) is 4. The van der Waals surface area contributed by atoms with Crippen LogP contribution in [0.3, 0.4) is 0 Å². The van der Waals surface area contributed by atoms with Crippen molar-refractivity contribution in [2.24, 2.45) is 81.8 Å². The highest BCUT2D eigenvalue weighted by atomic mass is 32.2. The number of hydrogen-bond donors (Lipinski definition) is 9. The zero-order valence-corrected chi connectivity index (χ0v) is 84.7. The maximum absolute atomic E-state index is 13.0. The highest BCUT2D eigenvalue weighted by Crippen LogP contribution is 2.43. The van der Waals surface area contributed by atoms with Crippen LogP contribution in [0.5, 0.6) is 23.0 Å². The van der Waals surface area contributed by atoms with Crippen LogP contribution in [0.1, 0.15) is 97.4 Å². The zero-order chi connectivity index (χ0) is 106. The summed E-state index contributed by atoms with van der Waals surface area (Å²) >= 11 is -2.53. The molecule has 14 rings (SSSR count). The summed E-state index contributed by atoms with van der Waals surface area (Å²) in [6.45, 7) is 11.5. The Kier molecular flexibility index (Phi) is 36.9. The van der Waals surface area contributed by atoms with E-state index in [0.29, 0.717) is 137 Å². The Morgan fingerprint density at radius 2 is 0.693 bits per heavy atom. The average molecular weight is 2110 g/mol. The van der Waals surface area contributed by atoms with Crippen LogP contribution >= 0.6 is 0 Å². The van der Waals surface area contributed by atoms with Gasteiger partial charge in [-0.05, 0) is 258 Å². The van der Waals surface area contributed by atoms with Gasteiger partial charge < -0.3 is 54.6 Å². The van der Waals surface area contributed by atoms with E-state index in [4.69, 9.17) is 48.9 Å². The topological polar surface area (TPSA) is 626 Å². The maximum Gasteiger partial charge on any atom is 0.303 e. The fraction of sp³-hybridized carbons (Fsp3) is 0.208. The molecular weight excluding hydrogens is 2010 g/mol. The molecule has 0 aliphatic carbocycles. The third-order valence-electron chi connectivity index (χ3n) is 21.5. The molecule has 1 atom stereocenters. The summed E-state index contributed by atoms with van der Waals surface area (Å²) in [7, 11) is -12.0. The van der Waals surface area contributed by atoms with E-state index in [0.717, 1.165) is 6.07 Å². The molecule has 2 heterocycles. The van der Waals surface area contributed by atoms with Crippen LogP contribution in [0.4, 0.5) is 126 Å². The Labute approximate surface area is 862 Å². The largest absolute Gasteiger partial charge is 0.493 e. The van der Waals surface area contributed by atoms with E-state index in [1.165, 1.54) is 72.8 Å². The van der Waals surface area contributed by atoms with Gasteiger partial charge in [-0.15, -0.1) is 10.2 Å². The molecule has 1 unspecified atom stereocenters. The minimum absolute atomic E-state index is 0.00155. The molecule has 0 aliphatic rings. The van der Waals surface area contributed by atoms with Gasteiger partial charge in [-0.25, -0.2) is 9.19 Å². The number of aromatic nitrogens is 6.